The maximum absolute atomic E-state index is 11.1. The Morgan fingerprint density at radius 3 is 2.76 bits per heavy atom. The topological polar surface area (TPSA) is 52.6 Å². The van der Waals surface area contributed by atoms with E-state index in [4.69, 9.17) is 5.11 Å². The van der Waals surface area contributed by atoms with Crippen LogP contribution in [0.25, 0.3) is 0 Å². The van der Waals surface area contributed by atoms with Crippen molar-refractivity contribution in [3.05, 3.63) is 35.4 Å². The number of rotatable bonds is 3. The third-order valence-corrected chi connectivity index (χ3v) is 3.71. The maximum atomic E-state index is 11.1. The van der Waals surface area contributed by atoms with Gasteiger partial charge in [0.1, 0.15) is 6.61 Å². The molecular weight excluding hydrogens is 264 g/mol. The van der Waals surface area contributed by atoms with Crippen LogP contribution >= 0.6 is 0 Å². The molecule has 1 aliphatic rings. The minimum Gasteiger partial charge on any atom is -0.384 e. The molecule has 1 saturated heterocycles. The average Bonchev–Trinajstić information content (AvgIpc) is 2.48. The number of aliphatic hydroxyl groups is 1. The van der Waals surface area contributed by atoms with Gasteiger partial charge in [-0.05, 0) is 24.5 Å². The number of carbonyl (C=O) groups excluding carboxylic acids is 1. The summed E-state index contributed by atoms with van der Waals surface area (Å²) in [5.41, 5.74) is 2.17. The number of hydrogen-bond donors (Lipinski definition) is 2. The second-order valence-corrected chi connectivity index (χ2v) is 5.37. The number of nitrogens with zero attached hydrogens (tertiary/aromatic N) is 1. The fourth-order valence-corrected chi connectivity index (χ4v) is 2.68. The molecule has 1 aromatic carbocycles. The molecule has 112 valence electrons. The van der Waals surface area contributed by atoms with Gasteiger partial charge in [-0.2, -0.15) is 0 Å². The van der Waals surface area contributed by atoms with Crippen molar-refractivity contribution < 1.29 is 9.90 Å². The highest BCUT2D eigenvalue weighted by Crippen LogP contribution is 2.16. The minimum atomic E-state index is -0.115. The van der Waals surface area contributed by atoms with E-state index in [-0.39, 0.29) is 12.5 Å². The number of hydrogen-bond acceptors (Lipinski definition) is 3. The van der Waals surface area contributed by atoms with Crippen molar-refractivity contribution in [1.82, 2.24) is 10.2 Å². The molecule has 0 saturated carbocycles. The lowest BCUT2D eigenvalue weighted by Crippen LogP contribution is -2.43. The number of amides is 1. The molecule has 1 amide bonds. The highest BCUT2D eigenvalue weighted by Gasteiger charge is 2.20. The summed E-state index contributed by atoms with van der Waals surface area (Å²) < 4.78 is 0. The summed E-state index contributed by atoms with van der Waals surface area (Å²) in [5, 5.41) is 11.8. The zero-order valence-corrected chi connectivity index (χ0v) is 12.4. The van der Waals surface area contributed by atoms with Gasteiger partial charge in [-0.15, -0.1) is 0 Å². The summed E-state index contributed by atoms with van der Waals surface area (Å²) in [6.07, 6.45) is 1.98. The Balaban J connectivity index is 1.93. The van der Waals surface area contributed by atoms with E-state index in [0.717, 1.165) is 38.0 Å². The van der Waals surface area contributed by atoms with E-state index < -0.39 is 0 Å². The molecule has 0 atom stereocenters. The lowest BCUT2D eigenvalue weighted by Gasteiger charge is -2.32. The SMILES string of the molecule is CC(=O)NC1CCN(Cc2ccccc2C#CCO)CC1. The molecule has 1 aromatic rings. The van der Waals surface area contributed by atoms with Crippen molar-refractivity contribution in [1.29, 1.82) is 0 Å². The van der Waals surface area contributed by atoms with Crippen LogP contribution in [-0.4, -0.2) is 41.7 Å². The Bertz CT molecular complexity index is 537. The maximum Gasteiger partial charge on any atom is 0.217 e. The molecular formula is C17H22N2O2. The predicted octanol–water partition coefficient (Wildman–Crippen LogP) is 1.13. The van der Waals surface area contributed by atoms with Crippen LogP contribution in [0.3, 0.4) is 0 Å². The molecule has 4 heteroatoms. The van der Waals surface area contributed by atoms with Crippen molar-refractivity contribution in [2.45, 2.75) is 32.4 Å². The smallest absolute Gasteiger partial charge is 0.217 e. The Morgan fingerprint density at radius 2 is 2.10 bits per heavy atom. The Labute approximate surface area is 126 Å². The number of benzene rings is 1. The number of likely N-dealkylation sites (tertiary alicyclic amines) is 1. The molecule has 1 aliphatic heterocycles. The molecule has 0 bridgehead atoms. The second kappa shape index (κ2) is 7.82. The normalized spacial score (nSPS) is 16.1. The zero-order valence-electron chi connectivity index (χ0n) is 12.4. The van der Waals surface area contributed by atoms with Crippen LogP contribution < -0.4 is 5.32 Å². The first-order chi connectivity index (χ1) is 10.2. The van der Waals surface area contributed by atoms with Gasteiger partial charge in [-0.25, -0.2) is 0 Å². The first-order valence-electron chi connectivity index (χ1n) is 7.36. The van der Waals surface area contributed by atoms with Crippen LogP contribution in [-0.2, 0) is 11.3 Å². The van der Waals surface area contributed by atoms with Gasteiger partial charge in [0, 0.05) is 38.2 Å². The Morgan fingerprint density at radius 1 is 1.38 bits per heavy atom. The van der Waals surface area contributed by atoms with Crippen LogP contribution in [0, 0.1) is 11.8 Å². The van der Waals surface area contributed by atoms with Gasteiger partial charge < -0.3 is 10.4 Å². The quantitative estimate of drug-likeness (QED) is 0.819. The van der Waals surface area contributed by atoms with Crippen molar-refractivity contribution in [3.63, 3.8) is 0 Å². The van der Waals surface area contributed by atoms with E-state index in [1.807, 2.05) is 18.2 Å². The molecule has 1 heterocycles. The molecule has 0 unspecified atom stereocenters. The zero-order chi connectivity index (χ0) is 15.1. The lowest BCUT2D eigenvalue weighted by atomic mass is 10.0. The van der Waals surface area contributed by atoms with E-state index in [2.05, 4.69) is 28.1 Å². The summed E-state index contributed by atoms with van der Waals surface area (Å²) in [4.78, 5) is 13.5. The molecule has 2 N–H and O–H groups in total. The molecule has 1 fully saturated rings. The van der Waals surface area contributed by atoms with Gasteiger partial charge in [0.2, 0.25) is 5.91 Å². The van der Waals surface area contributed by atoms with Crippen molar-refractivity contribution in [3.8, 4) is 11.8 Å². The molecule has 2 rings (SSSR count). The van der Waals surface area contributed by atoms with Crippen molar-refractivity contribution in [2.24, 2.45) is 0 Å². The summed E-state index contributed by atoms with van der Waals surface area (Å²) >= 11 is 0. The molecule has 0 radical (unpaired) electrons. The molecule has 0 spiro atoms. The van der Waals surface area contributed by atoms with Crippen LogP contribution in [0.4, 0.5) is 0 Å². The van der Waals surface area contributed by atoms with E-state index in [1.165, 1.54) is 5.56 Å². The fourth-order valence-electron chi connectivity index (χ4n) is 2.68. The van der Waals surface area contributed by atoms with Crippen LogP contribution in [0.1, 0.15) is 30.9 Å². The van der Waals surface area contributed by atoms with Gasteiger partial charge in [0.05, 0.1) is 0 Å². The van der Waals surface area contributed by atoms with E-state index in [0.29, 0.717) is 6.04 Å². The summed E-state index contributed by atoms with van der Waals surface area (Å²) in [6, 6.07) is 8.36. The third-order valence-electron chi connectivity index (χ3n) is 3.71. The molecule has 21 heavy (non-hydrogen) atoms. The van der Waals surface area contributed by atoms with Gasteiger partial charge in [-0.3, -0.25) is 9.69 Å². The molecule has 0 aliphatic carbocycles. The molecule has 0 aromatic heterocycles. The average molecular weight is 286 g/mol. The first-order valence-corrected chi connectivity index (χ1v) is 7.36. The van der Waals surface area contributed by atoms with E-state index >= 15 is 0 Å². The Hall–Kier alpha value is -1.83. The van der Waals surface area contributed by atoms with Crippen LogP contribution in [0.2, 0.25) is 0 Å². The predicted molar refractivity (Wildman–Crippen MR) is 82.5 cm³/mol. The summed E-state index contributed by atoms with van der Waals surface area (Å²) in [6.45, 7) is 4.28. The molecule has 4 nitrogen and oxygen atoms in total. The van der Waals surface area contributed by atoms with Crippen LogP contribution in [0.5, 0.6) is 0 Å². The van der Waals surface area contributed by atoms with E-state index in [9.17, 15) is 4.79 Å². The lowest BCUT2D eigenvalue weighted by molar-refractivity contribution is -0.119. The highest BCUT2D eigenvalue weighted by atomic mass is 16.2. The van der Waals surface area contributed by atoms with Gasteiger partial charge in [0.15, 0.2) is 0 Å². The van der Waals surface area contributed by atoms with Crippen LogP contribution in [0.15, 0.2) is 24.3 Å². The number of aliphatic hydroxyl groups excluding tert-OH is 1. The van der Waals surface area contributed by atoms with Crippen molar-refractivity contribution >= 4 is 5.91 Å². The van der Waals surface area contributed by atoms with Gasteiger partial charge in [-0.1, -0.05) is 30.0 Å². The van der Waals surface area contributed by atoms with Gasteiger partial charge >= 0.3 is 0 Å². The highest BCUT2D eigenvalue weighted by molar-refractivity contribution is 5.73. The monoisotopic (exact) mass is 286 g/mol. The largest absolute Gasteiger partial charge is 0.384 e. The number of piperidine rings is 1. The summed E-state index contributed by atoms with van der Waals surface area (Å²) in [5.74, 6) is 5.77. The van der Waals surface area contributed by atoms with Crippen molar-refractivity contribution in [2.75, 3.05) is 19.7 Å². The second-order valence-electron chi connectivity index (χ2n) is 5.37. The van der Waals surface area contributed by atoms with Gasteiger partial charge in [0.25, 0.3) is 0 Å². The number of nitrogens with one attached hydrogen (secondary N) is 1. The summed E-state index contributed by atoms with van der Waals surface area (Å²) in [7, 11) is 0. The Kier molecular flexibility index (Phi) is 5.79. The standard InChI is InChI=1S/C17H22N2O2/c1-14(21)18-17-8-10-19(11-9-17)13-16-6-3-2-5-15(16)7-4-12-20/h2-3,5-6,17,20H,8-13H2,1H3,(H,18,21). The van der Waals surface area contributed by atoms with E-state index in [1.54, 1.807) is 6.92 Å². The third kappa shape index (κ3) is 4.89. The number of carbonyl (C=O) groups is 1. The fraction of sp³-hybridized carbons (Fsp3) is 0.471. The first kappa shape index (κ1) is 15.6. The minimum absolute atomic E-state index is 0.0538.